The smallest absolute Gasteiger partial charge is 0.164 e. The molecule has 5 aromatic heterocycles. The molecule has 0 fully saturated rings. The Morgan fingerprint density at radius 1 is 0.297 bits per heavy atom. The van der Waals surface area contributed by atoms with Gasteiger partial charge in [0.2, 0.25) is 0 Å². The molecule has 14 aromatic rings. The Kier molecular flexibility index (Phi) is 7.27. The van der Waals surface area contributed by atoms with Crippen molar-refractivity contribution in [2.24, 2.45) is 0 Å². The molecule has 0 N–H and O–H groups in total. The first-order valence-corrected chi connectivity index (χ1v) is 21.4. The third-order valence-electron chi connectivity index (χ3n) is 12.8. The van der Waals surface area contributed by atoms with Gasteiger partial charge in [-0.1, -0.05) is 115 Å². The zero-order chi connectivity index (χ0) is 41.9. The van der Waals surface area contributed by atoms with Crippen LogP contribution in [0, 0.1) is 0 Å². The molecule has 0 aliphatic heterocycles. The number of hydrogen-bond acceptors (Lipinski definition) is 5. The summed E-state index contributed by atoms with van der Waals surface area (Å²) >= 11 is 0. The number of benzene rings is 9. The lowest BCUT2D eigenvalue weighted by atomic mass is 10.1. The average molecular weight is 820 g/mol. The molecule has 7 heteroatoms. The van der Waals surface area contributed by atoms with Crippen LogP contribution < -0.4 is 0 Å². The lowest BCUT2D eigenvalue weighted by molar-refractivity contribution is 0.669. The van der Waals surface area contributed by atoms with Gasteiger partial charge in [0.25, 0.3) is 0 Å². The molecule has 0 unspecified atom stereocenters. The van der Waals surface area contributed by atoms with E-state index in [0.717, 1.165) is 116 Å². The van der Waals surface area contributed by atoms with Crippen molar-refractivity contribution in [2.45, 2.75) is 0 Å². The summed E-state index contributed by atoms with van der Waals surface area (Å²) in [5, 5.41) is 8.83. The molecule has 7 nitrogen and oxygen atoms in total. The summed E-state index contributed by atoms with van der Waals surface area (Å²) in [6, 6.07) is 69.5. The second kappa shape index (κ2) is 13.3. The summed E-state index contributed by atoms with van der Waals surface area (Å²) in [7, 11) is 0. The van der Waals surface area contributed by atoms with Crippen molar-refractivity contribution >= 4 is 87.5 Å². The largest absolute Gasteiger partial charge is 0.456 e. The monoisotopic (exact) mass is 819 g/mol. The summed E-state index contributed by atoms with van der Waals surface area (Å²) in [4.78, 5) is 14.8. The fourth-order valence-electron chi connectivity index (χ4n) is 9.90. The van der Waals surface area contributed by atoms with Crippen LogP contribution in [-0.2, 0) is 0 Å². The van der Waals surface area contributed by atoms with Gasteiger partial charge in [0.15, 0.2) is 17.5 Å². The Balaban J connectivity index is 0.941. The molecule has 64 heavy (non-hydrogen) atoms. The first-order valence-electron chi connectivity index (χ1n) is 21.4. The van der Waals surface area contributed by atoms with Crippen molar-refractivity contribution in [3.8, 4) is 45.5 Å². The quantitative estimate of drug-likeness (QED) is 0.173. The van der Waals surface area contributed by atoms with Crippen LogP contribution >= 0.6 is 0 Å². The van der Waals surface area contributed by atoms with Gasteiger partial charge >= 0.3 is 0 Å². The van der Waals surface area contributed by atoms with Crippen molar-refractivity contribution in [1.29, 1.82) is 0 Å². The van der Waals surface area contributed by atoms with Gasteiger partial charge in [-0.25, -0.2) is 15.0 Å². The molecular formula is C57H33N5O2. The number of fused-ring (bicyclic) bond motifs is 14. The zero-order valence-corrected chi connectivity index (χ0v) is 34.1. The second-order valence-electron chi connectivity index (χ2n) is 16.3. The molecule has 0 spiro atoms. The van der Waals surface area contributed by atoms with Crippen molar-refractivity contribution < 1.29 is 8.83 Å². The Morgan fingerprint density at radius 3 is 1.33 bits per heavy atom. The van der Waals surface area contributed by atoms with Crippen LogP contribution in [-0.4, -0.2) is 24.1 Å². The van der Waals surface area contributed by atoms with Gasteiger partial charge in [0, 0.05) is 60.4 Å². The summed E-state index contributed by atoms with van der Waals surface area (Å²) in [5.41, 5.74) is 12.8. The van der Waals surface area contributed by atoms with Gasteiger partial charge in [-0.05, 0) is 84.9 Å². The van der Waals surface area contributed by atoms with Gasteiger partial charge in [-0.3, -0.25) is 0 Å². The van der Waals surface area contributed by atoms with E-state index < -0.39 is 0 Å². The van der Waals surface area contributed by atoms with E-state index in [0.29, 0.717) is 17.5 Å². The molecule has 0 aliphatic carbocycles. The molecule has 0 atom stereocenters. The Morgan fingerprint density at radius 2 is 0.750 bits per heavy atom. The van der Waals surface area contributed by atoms with Crippen LogP contribution in [0.3, 0.4) is 0 Å². The first kappa shape index (κ1) is 34.9. The molecule has 14 rings (SSSR count). The van der Waals surface area contributed by atoms with E-state index in [1.54, 1.807) is 0 Å². The normalized spacial score (nSPS) is 12.1. The lowest BCUT2D eigenvalue weighted by Gasteiger charge is -2.10. The minimum atomic E-state index is 0.619. The van der Waals surface area contributed by atoms with Gasteiger partial charge < -0.3 is 18.0 Å². The summed E-state index contributed by atoms with van der Waals surface area (Å²) in [5.74, 6) is 1.89. The van der Waals surface area contributed by atoms with E-state index in [1.165, 1.54) is 0 Å². The summed E-state index contributed by atoms with van der Waals surface area (Å²) in [6.45, 7) is 0. The fraction of sp³-hybridized carbons (Fsp3) is 0. The lowest BCUT2D eigenvalue weighted by Crippen LogP contribution is -2.00. The zero-order valence-electron chi connectivity index (χ0n) is 34.1. The molecule has 0 radical (unpaired) electrons. The van der Waals surface area contributed by atoms with E-state index in [9.17, 15) is 0 Å². The highest BCUT2D eigenvalue weighted by Crippen LogP contribution is 2.45. The molecule has 0 aliphatic rings. The predicted octanol–water partition coefficient (Wildman–Crippen LogP) is 14.9. The van der Waals surface area contributed by atoms with Crippen LogP contribution in [0.1, 0.15) is 0 Å². The Labute approximate surface area is 364 Å². The first-order chi connectivity index (χ1) is 31.7. The van der Waals surface area contributed by atoms with E-state index in [1.807, 2.05) is 72.8 Å². The highest BCUT2D eigenvalue weighted by molar-refractivity contribution is 6.29. The van der Waals surface area contributed by atoms with E-state index >= 15 is 0 Å². The molecule has 9 aromatic carbocycles. The maximum absolute atomic E-state index is 7.22. The van der Waals surface area contributed by atoms with E-state index in [4.69, 9.17) is 23.8 Å². The molecule has 0 bridgehead atoms. The highest BCUT2D eigenvalue weighted by atomic mass is 16.3. The standard InChI is InChI=1S/C57H33N5O2/c1-3-13-34(14-4-1)55-58-56(35-15-5-2-6-16-35)60-57(59-55)36-23-25-37(26-24-36)61-45-20-10-7-18-42(45)51-47(61)30-28-40-41-29-31-48-52(54(41)64-53(40)51)43-19-8-11-21-46(43)62(48)38-27-32-50-44(33-38)39-17-9-12-22-49(39)63-50/h1-33H. The third-order valence-corrected chi connectivity index (χ3v) is 12.8. The maximum Gasteiger partial charge on any atom is 0.164 e. The van der Waals surface area contributed by atoms with Crippen molar-refractivity contribution in [1.82, 2.24) is 24.1 Å². The number of para-hydroxylation sites is 3. The Hall–Kier alpha value is -8.81. The SMILES string of the molecule is c1ccc(-c2nc(-c3ccccc3)nc(-c3ccc(-n4c5ccccc5c5c6oc7c(ccc8c7c7ccccc7n8-c7ccc8oc9ccccc9c8c7)c6ccc54)cc3)n2)cc1. The molecule has 0 amide bonds. The Bertz CT molecular complexity index is 4120. The van der Waals surface area contributed by atoms with Crippen LogP contribution in [0.5, 0.6) is 0 Å². The maximum atomic E-state index is 7.22. The number of rotatable bonds is 5. The fourth-order valence-corrected chi connectivity index (χ4v) is 9.90. The van der Waals surface area contributed by atoms with Crippen LogP contribution in [0.4, 0.5) is 0 Å². The second-order valence-corrected chi connectivity index (χ2v) is 16.3. The minimum absolute atomic E-state index is 0.619. The third kappa shape index (κ3) is 5.06. The number of hydrogen-bond donors (Lipinski definition) is 0. The van der Waals surface area contributed by atoms with Gasteiger partial charge in [0.1, 0.15) is 22.3 Å². The van der Waals surface area contributed by atoms with Crippen molar-refractivity contribution in [2.75, 3.05) is 0 Å². The number of nitrogens with zero attached hydrogens (tertiary/aromatic N) is 5. The molecule has 5 heterocycles. The topological polar surface area (TPSA) is 74.8 Å². The van der Waals surface area contributed by atoms with E-state index in [-0.39, 0.29) is 0 Å². The minimum Gasteiger partial charge on any atom is -0.456 e. The number of furan rings is 2. The van der Waals surface area contributed by atoms with Crippen molar-refractivity contribution in [3.05, 3.63) is 200 Å². The van der Waals surface area contributed by atoms with Gasteiger partial charge in [-0.15, -0.1) is 0 Å². The predicted molar refractivity (Wildman–Crippen MR) is 259 cm³/mol. The van der Waals surface area contributed by atoms with Crippen LogP contribution in [0.2, 0.25) is 0 Å². The van der Waals surface area contributed by atoms with Gasteiger partial charge in [0.05, 0.1) is 32.8 Å². The summed E-state index contributed by atoms with van der Waals surface area (Å²) < 4.78 is 18.1. The molecule has 0 saturated heterocycles. The van der Waals surface area contributed by atoms with E-state index in [2.05, 4.69) is 137 Å². The molecule has 298 valence electrons. The molecular weight excluding hydrogens is 787 g/mol. The average Bonchev–Trinajstić information content (AvgIpc) is 4.12. The molecule has 0 saturated carbocycles. The highest BCUT2D eigenvalue weighted by Gasteiger charge is 2.23. The van der Waals surface area contributed by atoms with Gasteiger partial charge in [-0.2, -0.15) is 0 Å². The number of aromatic nitrogens is 5. The van der Waals surface area contributed by atoms with Crippen molar-refractivity contribution in [3.63, 3.8) is 0 Å². The van der Waals surface area contributed by atoms with Crippen LogP contribution in [0.15, 0.2) is 209 Å². The van der Waals surface area contributed by atoms with Crippen LogP contribution in [0.25, 0.3) is 133 Å². The summed E-state index contributed by atoms with van der Waals surface area (Å²) in [6.07, 6.45) is 0.